The van der Waals surface area contributed by atoms with Crippen molar-refractivity contribution in [2.75, 3.05) is 13.2 Å². The largest absolute Gasteiger partial charge is 0.349 e. The van der Waals surface area contributed by atoms with Crippen LogP contribution in [0.1, 0.15) is 56.8 Å². The van der Waals surface area contributed by atoms with Gasteiger partial charge >= 0.3 is 7.60 Å². The van der Waals surface area contributed by atoms with E-state index in [2.05, 4.69) is 17.8 Å². The predicted octanol–water partition coefficient (Wildman–Crippen LogP) is 4.09. The summed E-state index contributed by atoms with van der Waals surface area (Å²) in [6.07, 6.45) is 3.54. The maximum absolute atomic E-state index is 13.0. The van der Waals surface area contributed by atoms with Gasteiger partial charge in [-0.1, -0.05) is 44.4 Å². The van der Waals surface area contributed by atoms with Gasteiger partial charge in [-0.05, 0) is 32.4 Å². The highest BCUT2D eigenvalue weighted by atomic mass is 31.2. The molecule has 1 aromatic carbocycles. The zero-order valence-electron chi connectivity index (χ0n) is 14.8. The Labute approximate surface area is 144 Å². The zero-order chi connectivity index (χ0) is 17.8. The smallest absolute Gasteiger partial charge is 0.308 e. The Morgan fingerprint density at radius 2 is 1.71 bits per heavy atom. The van der Waals surface area contributed by atoms with Gasteiger partial charge in [0.15, 0.2) is 0 Å². The first-order valence-corrected chi connectivity index (χ1v) is 10.2. The van der Waals surface area contributed by atoms with E-state index < -0.39 is 13.4 Å². The van der Waals surface area contributed by atoms with Crippen molar-refractivity contribution in [1.29, 1.82) is 0 Å². The van der Waals surface area contributed by atoms with Crippen molar-refractivity contribution in [2.45, 2.75) is 52.2 Å². The van der Waals surface area contributed by atoms with E-state index in [-0.39, 0.29) is 19.1 Å². The van der Waals surface area contributed by atoms with Crippen molar-refractivity contribution >= 4 is 13.5 Å². The molecule has 0 fully saturated rings. The van der Waals surface area contributed by atoms with Crippen LogP contribution >= 0.6 is 7.60 Å². The summed E-state index contributed by atoms with van der Waals surface area (Å²) in [6, 6.07) is 8.86. The molecule has 24 heavy (non-hydrogen) atoms. The first-order chi connectivity index (χ1) is 11.6. The average Bonchev–Trinajstić information content (AvgIpc) is 2.58. The Morgan fingerprint density at radius 1 is 1.08 bits per heavy atom. The van der Waals surface area contributed by atoms with E-state index in [0.717, 1.165) is 19.3 Å². The number of benzene rings is 1. The first kappa shape index (κ1) is 20.8. The van der Waals surface area contributed by atoms with E-state index in [9.17, 15) is 9.36 Å². The summed E-state index contributed by atoms with van der Waals surface area (Å²) in [5, 5.41) is 0. The summed E-state index contributed by atoms with van der Waals surface area (Å²) < 4.78 is 23.8. The van der Waals surface area contributed by atoms with Crippen LogP contribution in [0.3, 0.4) is 0 Å². The molecule has 0 saturated carbocycles. The normalized spacial score (nSPS) is 12.8. The molecule has 1 amide bonds. The van der Waals surface area contributed by atoms with Crippen LogP contribution < -0.4 is 10.9 Å². The highest BCUT2D eigenvalue weighted by Crippen LogP contribution is 2.53. The molecule has 0 aromatic heterocycles. The van der Waals surface area contributed by atoms with Gasteiger partial charge in [0.05, 0.1) is 13.2 Å². The molecule has 1 atom stereocenters. The van der Waals surface area contributed by atoms with Crippen LogP contribution in [-0.4, -0.2) is 24.9 Å². The lowest BCUT2D eigenvalue weighted by atomic mass is 10.2. The van der Waals surface area contributed by atoms with Gasteiger partial charge in [0, 0.05) is 5.56 Å². The number of hydrazine groups is 1. The van der Waals surface area contributed by atoms with Gasteiger partial charge < -0.3 is 9.05 Å². The summed E-state index contributed by atoms with van der Waals surface area (Å²) in [7, 11) is -3.34. The third-order valence-electron chi connectivity index (χ3n) is 3.47. The molecule has 1 rings (SSSR count). The molecule has 0 aliphatic rings. The van der Waals surface area contributed by atoms with Gasteiger partial charge in [-0.15, -0.1) is 0 Å². The van der Waals surface area contributed by atoms with Gasteiger partial charge in [-0.25, -0.2) is 5.43 Å². The third kappa shape index (κ3) is 6.73. The number of carbonyl (C=O) groups excluding carboxylic acids is 1. The van der Waals surface area contributed by atoms with Gasteiger partial charge in [0.25, 0.3) is 5.91 Å². The lowest BCUT2D eigenvalue weighted by Crippen LogP contribution is -2.44. The van der Waals surface area contributed by atoms with Crippen molar-refractivity contribution in [3.05, 3.63) is 35.9 Å². The molecule has 0 bridgehead atoms. The number of hydrogen-bond acceptors (Lipinski definition) is 5. The number of rotatable bonds is 12. The molecule has 0 saturated heterocycles. The number of unbranched alkanes of at least 4 members (excludes halogenated alkanes) is 2. The van der Waals surface area contributed by atoms with Crippen LogP contribution in [0.25, 0.3) is 0 Å². The van der Waals surface area contributed by atoms with Crippen molar-refractivity contribution in [3.8, 4) is 0 Å². The minimum atomic E-state index is -3.34. The second kappa shape index (κ2) is 11.4. The fraction of sp³-hybridized carbons (Fsp3) is 0.588. The third-order valence-corrected chi connectivity index (χ3v) is 5.86. The molecule has 0 aliphatic heterocycles. The van der Waals surface area contributed by atoms with Crippen LogP contribution in [0.4, 0.5) is 0 Å². The summed E-state index contributed by atoms with van der Waals surface area (Å²) >= 11 is 0. The molecule has 0 aliphatic carbocycles. The monoisotopic (exact) mass is 356 g/mol. The highest BCUT2D eigenvalue weighted by molar-refractivity contribution is 7.54. The van der Waals surface area contributed by atoms with E-state index in [4.69, 9.17) is 9.05 Å². The molecule has 0 radical (unpaired) electrons. The Bertz CT molecular complexity index is 515. The Kier molecular flexibility index (Phi) is 9.88. The van der Waals surface area contributed by atoms with Gasteiger partial charge in [0.2, 0.25) is 0 Å². The van der Waals surface area contributed by atoms with Gasteiger partial charge in [0.1, 0.15) is 5.78 Å². The molecule has 1 aromatic rings. The topological polar surface area (TPSA) is 76.7 Å². The predicted molar refractivity (Wildman–Crippen MR) is 95.8 cm³/mol. The van der Waals surface area contributed by atoms with Crippen LogP contribution in [0, 0.1) is 0 Å². The van der Waals surface area contributed by atoms with Crippen molar-refractivity contribution in [1.82, 2.24) is 10.9 Å². The quantitative estimate of drug-likeness (QED) is 0.335. The Balaban J connectivity index is 2.77. The molecular formula is C17H29N2O4P. The average molecular weight is 356 g/mol. The Morgan fingerprint density at radius 3 is 2.25 bits per heavy atom. The van der Waals surface area contributed by atoms with Gasteiger partial charge in [-0.3, -0.25) is 14.8 Å². The standard InChI is InChI=1S/C17H29N2O4P/c1-4-7-9-14-16(24(21,22-5-2)23-6-3)18-19-17(20)15-12-10-8-11-13-15/h8,10-13,16,18H,4-7,9,14H2,1-3H3,(H,19,20). The van der Waals surface area contributed by atoms with E-state index >= 15 is 0 Å². The van der Waals surface area contributed by atoms with Gasteiger partial charge in [-0.2, -0.15) is 0 Å². The molecule has 2 N–H and O–H groups in total. The molecule has 0 heterocycles. The van der Waals surface area contributed by atoms with Crippen molar-refractivity contribution < 1.29 is 18.4 Å². The molecule has 7 heteroatoms. The number of amides is 1. The van der Waals surface area contributed by atoms with E-state index in [1.807, 2.05) is 6.07 Å². The summed E-state index contributed by atoms with van der Waals surface area (Å²) in [6.45, 7) is 6.23. The maximum atomic E-state index is 13.0. The maximum Gasteiger partial charge on any atom is 0.349 e. The minimum absolute atomic E-state index is 0.282. The Hall–Kier alpha value is -1.20. The minimum Gasteiger partial charge on any atom is -0.308 e. The van der Waals surface area contributed by atoms with Crippen molar-refractivity contribution in [2.24, 2.45) is 0 Å². The van der Waals surface area contributed by atoms with Crippen LogP contribution in [-0.2, 0) is 13.6 Å². The number of hydrogen-bond donors (Lipinski definition) is 2. The molecular weight excluding hydrogens is 327 g/mol. The summed E-state index contributed by atoms with van der Waals surface area (Å²) in [4.78, 5) is 12.2. The van der Waals surface area contributed by atoms with E-state index in [0.29, 0.717) is 12.0 Å². The second-order valence-electron chi connectivity index (χ2n) is 5.35. The van der Waals surface area contributed by atoms with E-state index in [1.165, 1.54) is 0 Å². The zero-order valence-corrected chi connectivity index (χ0v) is 15.7. The lowest BCUT2D eigenvalue weighted by molar-refractivity contribution is 0.0926. The highest BCUT2D eigenvalue weighted by Gasteiger charge is 2.35. The second-order valence-corrected chi connectivity index (χ2v) is 7.57. The van der Waals surface area contributed by atoms with Crippen LogP contribution in [0.5, 0.6) is 0 Å². The van der Waals surface area contributed by atoms with Crippen LogP contribution in [0.2, 0.25) is 0 Å². The molecule has 136 valence electrons. The van der Waals surface area contributed by atoms with E-state index in [1.54, 1.807) is 38.1 Å². The first-order valence-electron chi connectivity index (χ1n) is 8.57. The number of carbonyl (C=O) groups is 1. The molecule has 6 nitrogen and oxygen atoms in total. The molecule has 1 unspecified atom stereocenters. The van der Waals surface area contributed by atoms with Crippen molar-refractivity contribution in [3.63, 3.8) is 0 Å². The fourth-order valence-corrected chi connectivity index (χ4v) is 4.16. The van der Waals surface area contributed by atoms with Crippen LogP contribution in [0.15, 0.2) is 30.3 Å². The fourth-order valence-electron chi connectivity index (χ4n) is 2.28. The SMILES string of the molecule is CCCCCC(NNC(=O)c1ccccc1)P(=O)(OCC)OCC. The summed E-state index contributed by atoms with van der Waals surface area (Å²) in [5.74, 6) is -0.854. The summed E-state index contributed by atoms with van der Waals surface area (Å²) in [5.41, 5.74) is 6.03. The number of nitrogens with one attached hydrogen (secondary N) is 2. The lowest BCUT2D eigenvalue weighted by Gasteiger charge is -2.27. The molecule has 0 spiro atoms.